The van der Waals surface area contributed by atoms with Crippen molar-refractivity contribution in [1.82, 2.24) is 19.9 Å². The van der Waals surface area contributed by atoms with Gasteiger partial charge in [-0.2, -0.15) is 0 Å². The molecule has 3 aromatic heterocycles. The maximum absolute atomic E-state index is 5.90. The highest BCUT2D eigenvalue weighted by atomic mass is 35.5. The van der Waals surface area contributed by atoms with Crippen LogP contribution in [0.3, 0.4) is 0 Å². The lowest BCUT2D eigenvalue weighted by atomic mass is 10.2. The van der Waals surface area contributed by atoms with E-state index in [4.69, 9.17) is 11.6 Å². The smallest absolute Gasteiger partial charge is 0.137 e. The number of nitrogens with one attached hydrogen (secondary N) is 1. The van der Waals surface area contributed by atoms with Gasteiger partial charge in [-0.15, -0.1) is 0 Å². The number of anilines is 1. The Kier molecular flexibility index (Phi) is 3.89. The first kappa shape index (κ1) is 14.5. The van der Waals surface area contributed by atoms with E-state index in [1.54, 1.807) is 6.20 Å². The minimum atomic E-state index is 0.681. The average molecular weight is 328 g/mol. The maximum Gasteiger partial charge on any atom is 0.137 e. The van der Waals surface area contributed by atoms with E-state index < -0.39 is 0 Å². The normalized spacial score (nSPS) is 16.1. The van der Waals surface area contributed by atoms with Crippen molar-refractivity contribution in [2.24, 2.45) is 0 Å². The van der Waals surface area contributed by atoms with Crippen molar-refractivity contribution in [3.05, 3.63) is 53.4 Å². The Balaban J connectivity index is 1.41. The third-order valence-electron chi connectivity index (χ3n) is 4.34. The molecule has 3 aromatic rings. The molecule has 0 spiro atoms. The van der Waals surface area contributed by atoms with Crippen LogP contribution < -0.4 is 4.90 Å². The van der Waals surface area contributed by atoms with E-state index in [0.717, 1.165) is 44.2 Å². The van der Waals surface area contributed by atoms with Gasteiger partial charge in [-0.05, 0) is 29.8 Å². The van der Waals surface area contributed by atoms with Crippen LogP contribution in [0.25, 0.3) is 11.0 Å². The topological polar surface area (TPSA) is 48.0 Å². The second-order valence-electron chi connectivity index (χ2n) is 5.81. The first-order chi connectivity index (χ1) is 11.3. The molecule has 1 fully saturated rings. The number of aromatic nitrogens is 3. The molecule has 23 heavy (non-hydrogen) atoms. The highest BCUT2D eigenvalue weighted by molar-refractivity contribution is 6.30. The van der Waals surface area contributed by atoms with Gasteiger partial charge in [0, 0.05) is 56.7 Å². The number of H-pyrrole nitrogens is 1. The van der Waals surface area contributed by atoms with Crippen LogP contribution in [0.2, 0.25) is 5.02 Å². The van der Waals surface area contributed by atoms with Crippen LogP contribution in [-0.2, 0) is 6.54 Å². The zero-order valence-corrected chi connectivity index (χ0v) is 13.5. The third-order valence-corrected chi connectivity index (χ3v) is 4.56. The summed E-state index contributed by atoms with van der Waals surface area (Å²) >= 11 is 5.90. The Labute approximate surface area is 139 Å². The Hall–Kier alpha value is -2.11. The van der Waals surface area contributed by atoms with Gasteiger partial charge in [0.15, 0.2) is 0 Å². The zero-order chi connectivity index (χ0) is 15.6. The first-order valence-corrected chi connectivity index (χ1v) is 8.17. The van der Waals surface area contributed by atoms with Gasteiger partial charge >= 0.3 is 0 Å². The van der Waals surface area contributed by atoms with Gasteiger partial charge in [0.1, 0.15) is 11.5 Å². The Morgan fingerprint density at radius 3 is 2.74 bits per heavy atom. The summed E-state index contributed by atoms with van der Waals surface area (Å²) < 4.78 is 0. The molecule has 0 aliphatic carbocycles. The molecule has 6 heteroatoms. The summed E-state index contributed by atoms with van der Waals surface area (Å²) in [5.74, 6) is 1.00. The van der Waals surface area contributed by atoms with Gasteiger partial charge in [-0.1, -0.05) is 11.6 Å². The van der Waals surface area contributed by atoms with E-state index >= 15 is 0 Å². The summed E-state index contributed by atoms with van der Waals surface area (Å²) in [6, 6.07) is 8.00. The highest BCUT2D eigenvalue weighted by Crippen LogP contribution is 2.20. The number of nitrogens with zero attached hydrogens (tertiary/aromatic N) is 4. The molecular weight excluding hydrogens is 310 g/mol. The summed E-state index contributed by atoms with van der Waals surface area (Å²) in [4.78, 5) is 16.8. The van der Waals surface area contributed by atoms with Gasteiger partial charge in [-0.25, -0.2) is 9.97 Å². The van der Waals surface area contributed by atoms with E-state index in [9.17, 15) is 0 Å². The van der Waals surface area contributed by atoms with Crippen LogP contribution in [-0.4, -0.2) is 46.0 Å². The molecular formula is C17H18ClN5. The molecule has 0 saturated carbocycles. The van der Waals surface area contributed by atoms with Crippen molar-refractivity contribution in [3.63, 3.8) is 0 Å². The number of halogens is 1. The van der Waals surface area contributed by atoms with Crippen LogP contribution in [0.1, 0.15) is 5.56 Å². The van der Waals surface area contributed by atoms with E-state index in [2.05, 4.69) is 37.0 Å². The van der Waals surface area contributed by atoms with Crippen molar-refractivity contribution in [2.75, 3.05) is 31.1 Å². The molecule has 0 radical (unpaired) electrons. The second kappa shape index (κ2) is 6.18. The lowest BCUT2D eigenvalue weighted by Crippen LogP contribution is -2.46. The fourth-order valence-corrected chi connectivity index (χ4v) is 3.19. The summed E-state index contributed by atoms with van der Waals surface area (Å²) in [5.41, 5.74) is 2.28. The highest BCUT2D eigenvalue weighted by Gasteiger charge is 2.19. The molecule has 5 nitrogen and oxygen atoms in total. The minimum absolute atomic E-state index is 0.681. The number of hydrogen-bond acceptors (Lipinski definition) is 4. The van der Waals surface area contributed by atoms with Crippen molar-refractivity contribution < 1.29 is 0 Å². The van der Waals surface area contributed by atoms with Gasteiger partial charge in [0.2, 0.25) is 0 Å². The van der Waals surface area contributed by atoms with Crippen LogP contribution in [0.15, 0.2) is 42.9 Å². The van der Waals surface area contributed by atoms with E-state index in [1.807, 2.05) is 24.4 Å². The predicted octanol–water partition coefficient (Wildman–Crippen LogP) is 2.93. The number of rotatable bonds is 3. The van der Waals surface area contributed by atoms with Crippen LogP contribution in [0, 0.1) is 0 Å². The summed E-state index contributed by atoms with van der Waals surface area (Å²) in [6.07, 6.45) is 5.60. The molecule has 0 unspecified atom stereocenters. The largest absolute Gasteiger partial charge is 0.354 e. The molecule has 0 aromatic carbocycles. The molecule has 0 atom stereocenters. The number of pyridine rings is 2. The molecule has 4 heterocycles. The van der Waals surface area contributed by atoms with Gasteiger partial charge < -0.3 is 9.88 Å². The predicted molar refractivity (Wildman–Crippen MR) is 92.8 cm³/mol. The Morgan fingerprint density at radius 1 is 1.09 bits per heavy atom. The minimum Gasteiger partial charge on any atom is -0.354 e. The molecule has 1 aliphatic heterocycles. The molecule has 1 aliphatic rings. The van der Waals surface area contributed by atoms with Crippen molar-refractivity contribution in [2.45, 2.75) is 6.54 Å². The number of hydrogen-bond donors (Lipinski definition) is 1. The zero-order valence-electron chi connectivity index (χ0n) is 12.7. The fourth-order valence-electron chi connectivity index (χ4n) is 3.07. The van der Waals surface area contributed by atoms with E-state index in [0.29, 0.717) is 5.02 Å². The maximum atomic E-state index is 5.90. The van der Waals surface area contributed by atoms with Gasteiger partial charge in [0.25, 0.3) is 0 Å². The standard InChI is InChI=1S/C17H18ClN5/c18-14-3-4-16(20-11-14)23-8-6-22(7-9-23)12-13-10-21-17-15(13)2-1-5-19-17/h1-5,10-11H,6-9,12H2,(H,19,21). The number of piperazine rings is 1. The summed E-state index contributed by atoms with van der Waals surface area (Å²) in [6.45, 7) is 4.96. The molecule has 118 valence electrons. The lowest BCUT2D eigenvalue weighted by Gasteiger charge is -2.35. The summed E-state index contributed by atoms with van der Waals surface area (Å²) in [5, 5.41) is 1.90. The SMILES string of the molecule is Clc1ccc(N2CCN(Cc3c[nH]c4ncccc34)CC2)nc1. The molecule has 0 bridgehead atoms. The van der Waals surface area contributed by atoms with E-state index in [1.165, 1.54) is 10.9 Å². The van der Waals surface area contributed by atoms with Crippen molar-refractivity contribution >= 4 is 28.5 Å². The van der Waals surface area contributed by atoms with Crippen LogP contribution in [0.5, 0.6) is 0 Å². The molecule has 1 saturated heterocycles. The monoisotopic (exact) mass is 327 g/mol. The second-order valence-corrected chi connectivity index (χ2v) is 6.25. The molecule has 0 amide bonds. The first-order valence-electron chi connectivity index (χ1n) is 7.79. The lowest BCUT2D eigenvalue weighted by molar-refractivity contribution is 0.250. The number of fused-ring (bicyclic) bond motifs is 1. The molecule has 4 rings (SSSR count). The van der Waals surface area contributed by atoms with Gasteiger partial charge in [-0.3, -0.25) is 4.90 Å². The fraction of sp³-hybridized carbons (Fsp3) is 0.294. The molecule has 1 N–H and O–H groups in total. The van der Waals surface area contributed by atoms with Crippen molar-refractivity contribution in [1.29, 1.82) is 0 Å². The number of aromatic amines is 1. The van der Waals surface area contributed by atoms with Gasteiger partial charge in [0.05, 0.1) is 5.02 Å². The Bertz CT molecular complexity index is 790. The summed E-state index contributed by atoms with van der Waals surface area (Å²) in [7, 11) is 0. The Morgan fingerprint density at radius 2 is 1.96 bits per heavy atom. The average Bonchev–Trinajstić information content (AvgIpc) is 3.00. The van der Waals surface area contributed by atoms with Crippen molar-refractivity contribution in [3.8, 4) is 0 Å². The quantitative estimate of drug-likeness (QED) is 0.803. The van der Waals surface area contributed by atoms with Crippen LogP contribution >= 0.6 is 11.6 Å². The van der Waals surface area contributed by atoms with E-state index in [-0.39, 0.29) is 0 Å². The van der Waals surface area contributed by atoms with Crippen LogP contribution in [0.4, 0.5) is 5.82 Å². The third kappa shape index (κ3) is 3.02.